The number of benzene rings is 6. The highest BCUT2D eigenvalue weighted by Gasteiger charge is 2.51. The number of hydrogen-bond donors (Lipinski definition) is 0. The van der Waals surface area contributed by atoms with E-state index in [2.05, 4.69) is 66.7 Å². The van der Waals surface area contributed by atoms with E-state index in [9.17, 15) is 0 Å². The van der Waals surface area contributed by atoms with Crippen molar-refractivity contribution in [2.45, 2.75) is 5.41 Å². The van der Waals surface area contributed by atoms with Gasteiger partial charge in [0.1, 0.15) is 22.5 Å². The number of para-hydroxylation sites is 5. The van der Waals surface area contributed by atoms with Gasteiger partial charge in [-0.05, 0) is 82.9 Å². The van der Waals surface area contributed by atoms with Gasteiger partial charge in [0.25, 0.3) is 0 Å². The maximum atomic E-state index is 6.62. The van der Waals surface area contributed by atoms with E-state index in [1.807, 2.05) is 66.7 Å². The van der Waals surface area contributed by atoms with E-state index in [4.69, 9.17) is 23.5 Å². The monoisotopic (exact) mass is 566 g/mol. The Hall–Kier alpha value is -5.94. The van der Waals surface area contributed by atoms with Crippen molar-refractivity contribution in [2.75, 3.05) is 0 Å². The van der Waals surface area contributed by atoms with Crippen LogP contribution in [0.15, 0.2) is 142 Å². The largest absolute Gasteiger partial charge is 0.457 e. The second-order valence-electron chi connectivity index (χ2n) is 11.3. The first kappa shape index (κ1) is 23.6. The first-order chi connectivity index (χ1) is 21.8. The van der Waals surface area contributed by atoms with Gasteiger partial charge >= 0.3 is 0 Å². The van der Waals surface area contributed by atoms with Crippen LogP contribution >= 0.6 is 0 Å². The van der Waals surface area contributed by atoms with Crippen molar-refractivity contribution in [2.24, 2.45) is 0 Å². The van der Waals surface area contributed by atoms with E-state index in [0.29, 0.717) is 11.8 Å². The van der Waals surface area contributed by atoms with Crippen molar-refractivity contribution in [1.82, 2.24) is 9.97 Å². The van der Waals surface area contributed by atoms with Crippen molar-refractivity contribution in [1.29, 1.82) is 0 Å². The smallest absolute Gasteiger partial charge is 0.227 e. The Balaban J connectivity index is 1.28. The molecule has 0 radical (unpaired) electrons. The SMILES string of the molecule is c1ccc2c(c1)Oc1ccc(-c3nc4ccccc4o3)cc1C21c2ccccc2-c2ccc(-c3nc4ccccc4o3)cc21. The van der Waals surface area contributed by atoms with Crippen molar-refractivity contribution >= 4 is 22.2 Å². The lowest BCUT2D eigenvalue weighted by Crippen LogP contribution is -2.32. The molecule has 10 rings (SSSR count). The second kappa shape index (κ2) is 8.55. The third-order valence-corrected chi connectivity index (χ3v) is 9.02. The Morgan fingerprint density at radius 2 is 0.977 bits per heavy atom. The Bertz CT molecular complexity index is 2390. The van der Waals surface area contributed by atoms with Crippen LogP contribution in [0.25, 0.3) is 56.2 Å². The summed E-state index contributed by atoms with van der Waals surface area (Å²) in [5.74, 6) is 2.82. The van der Waals surface area contributed by atoms with E-state index in [0.717, 1.165) is 61.5 Å². The third-order valence-electron chi connectivity index (χ3n) is 9.02. The molecule has 3 heterocycles. The molecule has 44 heavy (non-hydrogen) atoms. The molecule has 1 spiro atoms. The van der Waals surface area contributed by atoms with E-state index in [-0.39, 0.29) is 0 Å². The zero-order valence-corrected chi connectivity index (χ0v) is 23.3. The van der Waals surface area contributed by atoms with Gasteiger partial charge in [-0.1, -0.05) is 72.8 Å². The van der Waals surface area contributed by atoms with Crippen molar-refractivity contribution < 1.29 is 13.6 Å². The van der Waals surface area contributed by atoms with Crippen LogP contribution in [-0.2, 0) is 5.41 Å². The fraction of sp³-hybridized carbons (Fsp3) is 0.0256. The van der Waals surface area contributed by atoms with Gasteiger partial charge in [0, 0.05) is 22.3 Å². The zero-order valence-electron chi connectivity index (χ0n) is 23.3. The van der Waals surface area contributed by atoms with Gasteiger partial charge < -0.3 is 13.6 Å². The van der Waals surface area contributed by atoms with Crippen LogP contribution in [0.1, 0.15) is 22.3 Å². The average molecular weight is 567 g/mol. The Morgan fingerprint density at radius 3 is 1.70 bits per heavy atom. The number of fused-ring (bicyclic) bond motifs is 11. The lowest BCUT2D eigenvalue weighted by molar-refractivity contribution is 0.436. The minimum absolute atomic E-state index is 0.578. The van der Waals surface area contributed by atoms with E-state index in [1.54, 1.807) is 0 Å². The molecule has 0 amide bonds. The van der Waals surface area contributed by atoms with Crippen molar-refractivity contribution in [3.63, 3.8) is 0 Å². The Kier molecular flexibility index (Phi) is 4.59. The highest BCUT2D eigenvalue weighted by Crippen LogP contribution is 2.62. The molecule has 0 saturated carbocycles. The molecule has 0 saturated heterocycles. The lowest BCUT2D eigenvalue weighted by atomic mass is 9.65. The number of rotatable bonds is 2. The minimum Gasteiger partial charge on any atom is -0.457 e. The molecule has 206 valence electrons. The average Bonchev–Trinajstić information content (AvgIpc) is 3.78. The first-order valence-corrected chi connectivity index (χ1v) is 14.7. The topological polar surface area (TPSA) is 61.3 Å². The highest BCUT2D eigenvalue weighted by atomic mass is 16.5. The number of aromatic nitrogens is 2. The van der Waals surface area contributed by atoms with Crippen LogP contribution < -0.4 is 4.74 Å². The molecule has 6 aromatic carbocycles. The standard InChI is InChI=1S/C39H22N2O3/c1-2-10-27-25(9-1)26-19-17-23(37-40-31-12-4-7-15-35(31)43-37)21-29(26)39(27)28-11-3-6-14-33(28)42-34-20-18-24(22-30(34)39)38-41-32-13-5-8-16-36(32)44-38/h1-22H. The quantitative estimate of drug-likeness (QED) is 0.208. The summed E-state index contributed by atoms with van der Waals surface area (Å²) in [6.45, 7) is 0. The summed E-state index contributed by atoms with van der Waals surface area (Å²) in [6, 6.07) is 45.6. The Labute approximate surface area is 252 Å². The van der Waals surface area contributed by atoms with Crippen LogP contribution in [0.4, 0.5) is 0 Å². The van der Waals surface area contributed by atoms with Crippen molar-refractivity contribution in [3.05, 3.63) is 156 Å². The molecule has 5 nitrogen and oxygen atoms in total. The van der Waals surface area contributed by atoms with Crippen LogP contribution in [-0.4, -0.2) is 9.97 Å². The molecule has 0 fully saturated rings. The third kappa shape index (κ3) is 3.08. The lowest BCUT2D eigenvalue weighted by Gasteiger charge is -2.39. The van der Waals surface area contributed by atoms with Crippen LogP contribution in [0.3, 0.4) is 0 Å². The summed E-state index contributed by atoms with van der Waals surface area (Å²) >= 11 is 0. The van der Waals surface area contributed by atoms with Gasteiger partial charge in [0.15, 0.2) is 11.2 Å². The van der Waals surface area contributed by atoms with E-state index < -0.39 is 5.41 Å². The molecule has 1 aliphatic carbocycles. The fourth-order valence-electron chi connectivity index (χ4n) is 7.16. The Morgan fingerprint density at radius 1 is 0.432 bits per heavy atom. The molecule has 0 N–H and O–H groups in total. The molecule has 2 aliphatic rings. The van der Waals surface area contributed by atoms with E-state index in [1.165, 1.54) is 16.7 Å². The van der Waals surface area contributed by atoms with Crippen molar-refractivity contribution in [3.8, 4) is 45.5 Å². The van der Waals surface area contributed by atoms with Gasteiger partial charge in [0.2, 0.25) is 11.8 Å². The minimum atomic E-state index is -0.653. The molecular formula is C39H22N2O3. The molecular weight excluding hydrogens is 544 g/mol. The fourth-order valence-corrected chi connectivity index (χ4v) is 7.16. The molecule has 2 aromatic heterocycles. The molecule has 1 atom stereocenters. The summed E-state index contributed by atoms with van der Waals surface area (Å²) in [5, 5.41) is 0. The summed E-state index contributed by atoms with van der Waals surface area (Å²) < 4.78 is 19.1. The highest BCUT2D eigenvalue weighted by molar-refractivity contribution is 5.91. The molecule has 1 unspecified atom stereocenters. The number of hydrogen-bond acceptors (Lipinski definition) is 5. The molecule has 5 heteroatoms. The summed E-state index contributed by atoms with van der Waals surface area (Å²) in [6.07, 6.45) is 0. The summed E-state index contributed by atoms with van der Waals surface area (Å²) in [4.78, 5) is 9.67. The molecule has 8 aromatic rings. The maximum absolute atomic E-state index is 6.62. The van der Waals surface area contributed by atoms with Gasteiger partial charge in [-0.2, -0.15) is 0 Å². The number of oxazole rings is 2. The summed E-state index contributed by atoms with van der Waals surface area (Å²) in [7, 11) is 0. The number of nitrogens with zero attached hydrogens (tertiary/aromatic N) is 2. The van der Waals surface area contributed by atoms with Gasteiger partial charge in [-0.25, -0.2) is 9.97 Å². The van der Waals surface area contributed by atoms with E-state index >= 15 is 0 Å². The molecule has 0 bridgehead atoms. The number of ether oxygens (including phenoxy) is 1. The predicted octanol–water partition coefficient (Wildman–Crippen LogP) is 9.77. The molecule has 1 aliphatic heterocycles. The van der Waals surface area contributed by atoms with Gasteiger partial charge in [-0.15, -0.1) is 0 Å². The second-order valence-corrected chi connectivity index (χ2v) is 11.3. The van der Waals surface area contributed by atoms with Gasteiger partial charge in [-0.3, -0.25) is 0 Å². The maximum Gasteiger partial charge on any atom is 0.227 e. The van der Waals surface area contributed by atoms with Gasteiger partial charge in [0.05, 0.1) is 5.41 Å². The normalized spacial score (nSPS) is 16.0. The van der Waals surface area contributed by atoms with Crippen LogP contribution in [0, 0.1) is 0 Å². The van der Waals surface area contributed by atoms with Crippen LogP contribution in [0.5, 0.6) is 11.5 Å². The zero-order chi connectivity index (χ0) is 28.8. The van der Waals surface area contributed by atoms with Crippen LogP contribution in [0.2, 0.25) is 0 Å². The first-order valence-electron chi connectivity index (χ1n) is 14.7. The predicted molar refractivity (Wildman–Crippen MR) is 170 cm³/mol. The summed E-state index contributed by atoms with van der Waals surface area (Å²) in [5.41, 5.74) is 11.2.